The van der Waals surface area contributed by atoms with Crippen molar-refractivity contribution in [3.63, 3.8) is 0 Å². The van der Waals surface area contributed by atoms with Crippen molar-refractivity contribution in [3.8, 4) is 5.75 Å². The Morgan fingerprint density at radius 2 is 1.15 bits per heavy atom. The summed E-state index contributed by atoms with van der Waals surface area (Å²) < 4.78 is 0. The Bertz CT molecular complexity index is 663. The second-order valence-corrected chi connectivity index (χ2v) is 9.47. The first-order chi connectivity index (χ1) is 15.9. The maximum atomic E-state index is 11.3. The Kier molecular flexibility index (Phi) is 12.7. The summed E-state index contributed by atoms with van der Waals surface area (Å²) in [6, 6.07) is 4.36. The number of likely N-dealkylation sites (N-methyl/N-ethyl adjacent to an activating group) is 4. The van der Waals surface area contributed by atoms with Crippen LogP contribution in [0.15, 0.2) is 12.1 Å². The molecule has 6 nitrogen and oxygen atoms in total. The lowest BCUT2D eigenvalue weighted by Crippen LogP contribution is -2.36. The third-order valence-electron chi connectivity index (χ3n) is 7.37. The fourth-order valence-electron chi connectivity index (χ4n) is 4.80. The van der Waals surface area contributed by atoms with Gasteiger partial charge in [-0.05, 0) is 39.6 Å². The average molecular weight is 462 g/mol. The predicted molar refractivity (Wildman–Crippen MR) is 141 cm³/mol. The van der Waals surface area contributed by atoms with Crippen LogP contribution in [0.5, 0.6) is 5.75 Å². The lowest BCUT2D eigenvalue weighted by atomic mass is 10.0. The van der Waals surface area contributed by atoms with Gasteiger partial charge in [-0.2, -0.15) is 0 Å². The van der Waals surface area contributed by atoms with Crippen molar-refractivity contribution in [1.29, 1.82) is 0 Å². The van der Waals surface area contributed by atoms with Crippen LogP contribution in [-0.4, -0.2) is 115 Å². The standard InChI is InChI=1S/C27H51N5O/c1-7-28(8-2)12-17-31(11-5)22-25-20-24(6)21-26(27(25)33)23-32-18-15-29(9-3)13-14-30(10-4)16-19-32/h20-21,33H,7-19,22-23H2,1-6H3. The first-order valence-corrected chi connectivity index (χ1v) is 13.4. The Labute approximate surface area is 204 Å². The van der Waals surface area contributed by atoms with Crippen molar-refractivity contribution in [2.75, 3.05) is 85.1 Å². The molecule has 0 aliphatic carbocycles. The number of nitrogens with zero attached hydrogens (tertiary/aromatic N) is 5. The van der Waals surface area contributed by atoms with Gasteiger partial charge < -0.3 is 19.8 Å². The number of hydrogen-bond acceptors (Lipinski definition) is 6. The molecule has 1 aliphatic heterocycles. The summed E-state index contributed by atoms with van der Waals surface area (Å²) in [7, 11) is 0. The Morgan fingerprint density at radius 3 is 1.64 bits per heavy atom. The highest BCUT2D eigenvalue weighted by molar-refractivity contribution is 5.43. The molecule has 33 heavy (non-hydrogen) atoms. The molecule has 6 heteroatoms. The molecule has 0 spiro atoms. The van der Waals surface area contributed by atoms with Gasteiger partial charge in [0.25, 0.3) is 0 Å². The van der Waals surface area contributed by atoms with E-state index in [1.54, 1.807) is 0 Å². The third kappa shape index (κ3) is 9.18. The second kappa shape index (κ2) is 14.9. The van der Waals surface area contributed by atoms with E-state index in [2.05, 4.69) is 78.2 Å². The van der Waals surface area contributed by atoms with Gasteiger partial charge in [0, 0.05) is 76.6 Å². The molecule has 0 saturated carbocycles. The molecular formula is C27H51N5O. The molecule has 0 aromatic heterocycles. The molecule has 1 saturated heterocycles. The summed E-state index contributed by atoms with van der Waals surface area (Å²) >= 11 is 0. The van der Waals surface area contributed by atoms with Gasteiger partial charge in [0.05, 0.1) is 0 Å². The van der Waals surface area contributed by atoms with Crippen LogP contribution in [0.3, 0.4) is 0 Å². The maximum absolute atomic E-state index is 11.3. The van der Waals surface area contributed by atoms with Gasteiger partial charge in [0.1, 0.15) is 5.75 Å². The Balaban J connectivity index is 2.11. The fourth-order valence-corrected chi connectivity index (χ4v) is 4.80. The van der Waals surface area contributed by atoms with Gasteiger partial charge in [0.2, 0.25) is 0 Å². The van der Waals surface area contributed by atoms with Crippen molar-refractivity contribution >= 4 is 0 Å². The van der Waals surface area contributed by atoms with Crippen LogP contribution < -0.4 is 0 Å². The summed E-state index contributed by atoms with van der Waals surface area (Å²) in [6.07, 6.45) is 0. The summed E-state index contributed by atoms with van der Waals surface area (Å²) in [5.41, 5.74) is 3.39. The van der Waals surface area contributed by atoms with Gasteiger partial charge >= 0.3 is 0 Å². The van der Waals surface area contributed by atoms with Crippen LogP contribution >= 0.6 is 0 Å². The zero-order chi connectivity index (χ0) is 24.2. The number of phenolic OH excluding ortho intramolecular Hbond substituents is 1. The van der Waals surface area contributed by atoms with Gasteiger partial charge in [-0.25, -0.2) is 0 Å². The van der Waals surface area contributed by atoms with E-state index in [-0.39, 0.29) is 0 Å². The van der Waals surface area contributed by atoms with Crippen molar-refractivity contribution in [2.45, 2.75) is 54.6 Å². The number of rotatable bonds is 12. The zero-order valence-electron chi connectivity index (χ0n) is 22.4. The highest BCUT2D eigenvalue weighted by Gasteiger charge is 2.18. The quantitative estimate of drug-likeness (QED) is 0.515. The van der Waals surface area contributed by atoms with E-state index in [1.165, 1.54) is 5.56 Å². The highest BCUT2D eigenvalue weighted by Crippen LogP contribution is 2.27. The molecule has 0 atom stereocenters. The number of benzene rings is 1. The number of aryl methyl sites for hydroxylation is 1. The smallest absolute Gasteiger partial charge is 0.124 e. The molecule has 0 unspecified atom stereocenters. The van der Waals surface area contributed by atoms with Crippen LogP contribution in [0.2, 0.25) is 0 Å². The number of aromatic hydroxyl groups is 1. The highest BCUT2D eigenvalue weighted by atomic mass is 16.3. The van der Waals surface area contributed by atoms with E-state index < -0.39 is 0 Å². The minimum Gasteiger partial charge on any atom is -0.507 e. The second-order valence-electron chi connectivity index (χ2n) is 9.47. The third-order valence-corrected chi connectivity index (χ3v) is 7.37. The van der Waals surface area contributed by atoms with Crippen LogP contribution in [0, 0.1) is 6.92 Å². The average Bonchev–Trinajstić information content (AvgIpc) is 2.92. The molecule has 190 valence electrons. The molecule has 2 rings (SSSR count). The van der Waals surface area contributed by atoms with E-state index in [0.717, 1.165) is 109 Å². The number of phenols is 1. The molecule has 0 radical (unpaired) electrons. The molecule has 1 aliphatic rings. The minimum atomic E-state index is 0.501. The lowest BCUT2D eigenvalue weighted by molar-refractivity contribution is 0.210. The molecule has 0 bridgehead atoms. The Hall–Kier alpha value is -1.18. The van der Waals surface area contributed by atoms with E-state index in [0.29, 0.717) is 5.75 Å². The van der Waals surface area contributed by atoms with Gasteiger partial charge in [0.15, 0.2) is 0 Å². The molecule has 0 amide bonds. The van der Waals surface area contributed by atoms with Crippen molar-refractivity contribution in [1.82, 2.24) is 24.5 Å². The maximum Gasteiger partial charge on any atom is 0.124 e. The molecule has 1 fully saturated rings. The fraction of sp³-hybridized carbons (Fsp3) is 0.778. The topological polar surface area (TPSA) is 36.4 Å². The zero-order valence-corrected chi connectivity index (χ0v) is 22.4. The first-order valence-electron chi connectivity index (χ1n) is 13.4. The molecule has 1 aromatic carbocycles. The van der Waals surface area contributed by atoms with E-state index in [9.17, 15) is 5.11 Å². The van der Waals surface area contributed by atoms with Crippen LogP contribution in [-0.2, 0) is 13.1 Å². The normalized spacial score (nSPS) is 17.5. The molecule has 1 heterocycles. The van der Waals surface area contributed by atoms with E-state index in [4.69, 9.17) is 0 Å². The van der Waals surface area contributed by atoms with E-state index >= 15 is 0 Å². The first kappa shape index (κ1) is 28.1. The van der Waals surface area contributed by atoms with Crippen LogP contribution in [0.4, 0.5) is 0 Å². The van der Waals surface area contributed by atoms with Crippen molar-refractivity contribution < 1.29 is 5.11 Å². The molecule has 1 N–H and O–H groups in total. The van der Waals surface area contributed by atoms with Gasteiger partial charge in [-0.15, -0.1) is 0 Å². The Morgan fingerprint density at radius 1 is 0.697 bits per heavy atom. The van der Waals surface area contributed by atoms with E-state index in [1.807, 2.05) is 0 Å². The van der Waals surface area contributed by atoms with Crippen LogP contribution in [0.1, 0.15) is 51.3 Å². The monoisotopic (exact) mass is 461 g/mol. The van der Waals surface area contributed by atoms with Crippen LogP contribution in [0.25, 0.3) is 0 Å². The van der Waals surface area contributed by atoms with Gasteiger partial charge in [-0.1, -0.05) is 52.3 Å². The minimum absolute atomic E-state index is 0.501. The molecule has 1 aromatic rings. The van der Waals surface area contributed by atoms with Gasteiger partial charge in [-0.3, -0.25) is 9.80 Å². The van der Waals surface area contributed by atoms with Crippen molar-refractivity contribution in [2.24, 2.45) is 0 Å². The van der Waals surface area contributed by atoms with Crippen molar-refractivity contribution in [3.05, 3.63) is 28.8 Å². The predicted octanol–water partition coefficient (Wildman–Crippen LogP) is 3.32. The summed E-state index contributed by atoms with van der Waals surface area (Å²) in [5.74, 6) is 0.501. The summed E-state index contributed by atoms with van der Waals surface area (Å²) in [5, 5.41) is 11.3. The SMILES string of the molecule is CCN(CC)CCN(CC)Cc1cc(C)cc(CN2CCN(CC)CCN(CC)CC2)c1O. The largest absolute Gasteiger partial charge is 0.507 e. The lowest BCUT2D eigenvalue weighted by Gasteiger charge is -2.28. The molecular weight excluding hydrogens is 410 g/mol. The summed E-state index contributed by atoms with van der Waals surface area (Å²) in [4.78, 5) is 12.6. The number of hydrogen-bond donors (Lipinski definition) is 1. The summed E-state index contributed by atoms with van der Waals surface area (Å²) in [6.45, 7) is 29.1.